The lowest BCUT2D eigenvalue weighted by molar-refractivity contribution is 0.152. The van der Waals surface area contributed by atoms with Gasteiger partial charge in [-0.3, -0.25) is 0 Å². The fraction of sp³-hybridized carbons (Fsp3) is 0.250. The van der Waals surface area contributed by atoms with Crippen LogP contribution in [0, 0.1) is 6.92 Å². The summed E-state index contributed by atoms with van der Waals surface area (Å²) in [7, 11) is 0. The number of amides is 1. The third kappa shape index (κ3) is 3.85. The fourth-order valence-electron chi connectivity index (χ4n) is 1.52. The average Bonchev–Trinajstić information content (AvgIpc) is 2.88. The Morgan fingerprint density at radius 1 is 1.43 bits per heavy atom. The largest absolute Gasteiger partial charge is 0.449 e. The van der Waals surface area contributed by atoms with Gasteiger partial charge in [-0.1, -0.05) is 28.1 Å². The van der Waals surface area contributed by atoms with Crippen molar-refractivity contribution in [2.75, 3.05) is 6.61 Å². The van der Waals surface area contributed by atoms with Crippen molar-refractivity contribution in [3.8, 4) is 0 Å². The van der Waals surface area contributed by atoms with Gasteiger partial charge in [-0.15, -0.1) is 10.2 Å². The van der Waals surface area contributed by atoms with Gasteiger partial charge in [0.25, 0.3) is 0 Å². The first-order valence-corrected chi connectivity index (χ1v) is 6.93. The second-order valence-electron chi connectivity index (χ2n) is 3.91. The van der Waals surface area contributed by atoms with E-state index in [0.717, 1.165) is 10.0 Å². The molecule has 1 N–H and O–H groups in total. The molecule has 0 aliphatic heterocycles. The molecule has 110 valence electrons. The van der Waals surface area contributed by atoms with Gasteiger partial charge in [0.15, 0.2) is 11.7 Å². The Kier molecular flexibility index (Phi) is 4.99. The SMILES string of the molecule is CCOC(=O)N/N=C(\c1ccc(Br)cc1)n1nnnc1C. The molecular weight excluding hydrogens is 340 g/mol. The number of halogens is 1. The zero-order valence-corrected chi connectivity index (χ0v) is 13.0. The molecule has 0 aliphatic rings. The van der Waals surface area contributed by atoms with Gasteiger partial charge in [0, 0.05) is 10.0 Å². The molecule has 0 saturated heterocycles. The molecule has 2 rings (SSSR count). The minimum atomic E-state index is -0.641. The van der Waals surface area contributed by atoms with Gasteiger partial charge in [-0.2, -0.15) is 4.68 Å². The smallest absolute Gasteiger partial charge is 0.427 e. The molecule has 8 nitrogen and oxygen atoms in total. The van der Waals surface area contributed by atoms with Crippen molar-refractivity contribution >= 4 is 27.9 Å². The molecular formula is C12H13BrN6O2. The first kappa shape index (κ1) is 15.1. The Labute approximate surface area is 129 Å². The summed E-state index contributed by atoms with van der Waals surface area (Å²) in [6, 6.07) is 7.37. The van der Waals surface area contributed by atoms with Crippen molar-refractivity contribution in [3.05, 3.63) is 40.1 Å². The summed E-state index contributed by atoms with van der Waals surface area (Å²) in [5.74, 6) is 0.931. The number of hydrazone groups is 1. The number of nitrogens with zero attached hydrogens (tertiary/aromatic N) is 5. The highest BCUT2D eigenvalue weighted by Crippen LogP contribution is 2.12. The van der Waals surface area contributed by atoms with Crippen LogP contribution in [0.15, 0.2) is 33.8 Å². The number of nitrogens with one attached hydrogen (secondary N) is 1. The van der Waals surface area contributed by atoms with Gasteiger partial charge in [-0.05, 0) is 36.4 Å². The monoisotopic (exact) mass is 352 g/mol. The van der Waals surface area contributed by atoms with Crippen molar-refractivity contribution < 1.29 is 9.53 Å². The molecule has 1 aromatic heterocycles. The highest BCUT2D eigenvalue weighted by Gasteiger charge is 2.12. The number of ether oxygens (including phenoxy) is 1. The summed E-state index contributed by atoms with van der Waals surface area (Å²) >= 11 is 3.36. The van der Waals surface area contributed by atoms with Gasteiger partial charge >= 0.3 is 6.09 Å². The molecule has 0 unspecified atom stereocenters. The van der Waals surface area contributed by atoms with Crippen LogP contribution in [-0.4, -0.2) is 38.7 Å². The molecule has 21 heavy (non-hydrogen) atoms. The van der Waals surface area contributed by atoms with Gasteiger partial charge in [0.2, 0.25) is 0 Å². The molecule has 0 bridgehead atoms. The molecule has 2 aromatic rings. The van der Waals surface area contributed by atoms with Crippen LogP contribution >= 0.6 is 15.9 Å². The number of rotatable bonds is 3. The number of carbonyl (C=O) groups excluding carboxylic acids is 1. The van der Waals surface area contributed by atoms with E-state index in [1.165, 1.54) is 4.68 Å². The van der Waals surface area contributed by atoms with Gasteiger partial charge in [0.1, 0.15) is 0 Å². The van der Waals surface area contributed by atoms with Gasteiger partial charge < -0.3 is 4.74 Å². The van der Waals surface area contributed by atoms with E-state index in [-0.39, 0.29) is 6.61 Å². The lowest BCUT2D eigenvalue weighted by Crippen LogP contribution is -2.25. The number of benzene rings is 1. The van der Waals surface area contributed by atoms with Crippen molar-refractivity contribution in [2.24, 2.45) is 5.10 Å². The predicted molar refractivity (Wildman–Crippen MR) is 78.8 cm³/mol. The maximum absolute atomic E-state index is 11.4. The first-order valence-electron chi connectivity index (χ1n) is 6.13. The highest BCUT2D eigenvalue weighted by molar-refractivity contribution is 9.10. The molecule has 0 atom stereocenters. The van der Waals surface area contributed by atoms with Crippen LogP contribution in [0.3, 0.4) is 0 Å². The van der Waals surface area contributed by atoms with Crippen LogP contribution in [0.2, 0.25) is 0 Å². The molecule has 0 spiro atoms. The van der Waals surface area contributed by atoms with Crippen LogP contribution in [0.25, 0.3) is 0 Å². The van der Waals surface area contributed by atoms with E-state index in [9.17, 15) is 4.79 Å². The molecule has 0 saturated carbocycles. The van der Waals surface area contributed by atoms with Crippen molar-refractivity contribution in [1.29, 1.82) is 0 Å². The Hall–Kier alpha value is -2.29. The topological polar surface area (TPSA) is 94.3 Å². The molecule has 1 amide bonds. The number of hydrogen-bond acceptors (Lipinski definition) is 6. The maximum Gasteiger partial charge on any atom is 0.427 e. The summed E-state index contributed by atoms with van der Waals surface area (Å²) < 4.78 is 7.12. The number of aromatic nitrogens is 4. The van der Waals surface area contributed by atoms with E-state index >= 15 is 0 Å². The molecule has 0 aliphatic carbocycles. The third-order valence-electron chi connectivity index (χ3n) is 2.46. The van der Waals surface area contributed by atoms with E-state index in [1.54, 1.807) is 13.8 Å². The van der Waals surface area contributed by atoms with Crippen molar-refractivity contribution in [2.45, 2.75) is 13.8 Å². The molecule has 1 aromatic carbocycles. The van der Waals surface area contributed by atoms with E-state index in [2.05, 4.69) is 42.0 Å². The summed E-state index contributed by atoms with van der Waals surface area (Å²) in [6.45, 7) is 3.71. The summed E-state index contributed by atoms with van der Waals surface area (Å²) in [5.41, 5.74) is 3.05. The zero-order valence-electron chi connectivity index (χ0n) is 11.4. The normalized spacial score (nSPS) is 11.3. The number of hydrogen-bond donors (Lipinski definition) is 1. The van der Waals surface area contributed by atoms with E-state index in [0.29, 0.717) is 11.7 Å². The third-order valence-corrected chi connectivity index (χ3v) is 2.99. The number of carbonyl (C=O) groups is 1. The lowest BCUT2D eigenvalue weighted by atomic mass is 10.2. The minimum Gasteiger partial charge on any atom is -0.449 e. The Morgan fingerprint density at radius 3 is 2.71 bits per heavy atom. The van der Waals surface area contributed by atoms with E-state index < -0.39 is 6.09 Å². The highest BCUT2D eigenvalue weighted by atomic mass is 79.9. The average molecular weight is 353 g/mol. The van der Waals surface area contributed by atoms with Crippen molar-refractivity contribution in [1.82, 2.24) is 25.6 Å². The number of tetrazole rings is 1. The summed E-state index contributed by atoms with van der Waals surface area (Å²) in [4.78, 5) is 11.4. The molecule has 9 heteroatoms. The second kappa shape index (κ2) is 6.93. The summed E-state index contributed by atoms with van der Waals surface area (Å²) in [5, 5.41) is 15.3. The molecule has 1 heterocycles. The van der Waals surface area contributed by atoms with E-state index in [1.807, 2.05) is 24.3 Å². The van der Waals surface area contributed by atoms with E-state index in [4.69, 9.17) is 4.74 Å². The maximum atomic E-state index is 11.4. The Morgan fingerprint density at radius 2 is 2.14 bits per heavy atom. The standard InChI is InChI=1S/C12H13BrN6O2/c1-3-21-12(20)16-15-11(19-8(2)14-17-18-19)9-4-6-10(13)7-5-9/h4-7H,3H2,1-2H3,(H,16,20)/b15-11+. The second-order valence-corrected chi connectivity index (χ2v) is 4.83. The predicted octanol–water partition coefficient (Wildman–Crippen LogP) is 1.70. The fourth-order valence-corrected chi connectivity index (χ4v) is 1.79. The number of aryl methyl sites for hydroxylation is 1. The van der Waals surface area contributed by atoms with Crippen LogP contribution < -0.4 is 5.43 Å². The van der Waals surface area contributed by atoms with Crippen LogP contribution in [0.4, 0.5) is 4.79 Å². The van der Waals surface area contributed by atoms with Crippen molar-refractivity contribution in [3.63, 3.8) is 0 Å². The minimum absolute atomic E-state index is 0.263. The molecule has 0 radical (unpaired) electrons. The first-order chi connectivity index (χ1) is 10.1. The summed E-state index contributed by atoms with van der Waals surface area (Å²) in [6.07, 6.45) is -0.641. The van der Waals surface area contributed by atoms with Crippen LogP contribution in [0.1, 0.15) is 18.3 Å². The van der Waals surface area contributed by atoms with Crippen LogP contribution in [-0.2, 0) is 4.74 Å². The quantitative estimate of drug-likeness (QED) is 0.515. The Bertz CT molecular complexity index is 652. The van der Waals surface area contributed by atoms with Crippen LogP contribution in [0.5, 0.6) is 0 Å². The zero-order chi connectivity index (χ0) is 15.2. The van der Waals surface area contributed by atoms with Gasteiger partial charge in [0.05, 0.1) is 6.61 Å². The molecule has 0 fully saturated rings. The lowest BCUT2D eigenvalue weighted by Gasteiger charge is -2.08. The Balaban J connectivity index is 2.35. The van der Waals surface area contributed by atoms with Gasteiger partial charge in [-0.25, -0.2) is 10.2 Å².